The Hall–Kier alpha value is -2.80. The lowest BCUT2D eigenvalue weighted by atomic mass is 10.0. The van der Waals surface area contributed by atoms with Gasteiger partial charge in [-0.1, -0.05) is 29.8 Å². The maximum Gasteiger partial charge on any atom is 0.416 e. The minimum absolute atomic E-state index is 0.101. The van der Waals surface area contributed by atoms with Crippen LogP contribution in [0.15, 0.2) is 54.2 Å². The highest BCUT2D eigenvalue weighted by molar-refractivity contribution is 6.45. The van der Waals surface area contributed by atoms with Gasteiger partial charge < -0.3 is 4.90 Å². The van der Waals surface area contributed by atoms with Gasteiger partial charge in [0.2, 0.25) is 0 Å². The van der Waals surface area contributed by atoms with E-state index in [0.717, 1.165) is 29.9 Å². The van der Waals surface area contributed by atoms with Crippen LogP contribution in [-0.2, 0) is 15.8 Å². The maximum absolute atomic E-state index is 13.2. The predicted octanol–water partition coefficient (Wildman–Crippen LogP) is 4.74. The number of carbonyl (C=O) groups excluding carboxylic acids is 2. The van der Waals surface area contributed by atoms with Crippen LogP contribution in [0.3, 0.4) is 0 Å². The molecule has 0 N–H and O–H groups in total. The Balaban J connectivity index is 1.81. The number of imide groups is 1. The molecule has 2 aromatic rings. The first kappa shape index (κ1) is 19.5. The minimum atomic E-state index is -4.58. The molecule has 0 radical (unpaired) electrons. The molecule has 0 unspecified atom stereocenters. The molecule has 2 aromatic carbocycles. The van der Waals surface area contributed by atoms with Crippen molar-refractivity contribution in [1.82, 2.24) is 4.90 Å². The van der Waals surface area contributed by atoms with E-state index in [1.54, 1.807) is 24.3 Å². The Bertz CT molecular complexity index is 1010. The highest BCUT2D eigenvalue weighted by Gasteiger charge is 2.43. The van der Waals surface area contributed by atoms with Gasteiger partial charge >= 0.3 is 6.18 Å². The highest BCUT2D eigenvalue weighted by atomic mass is 35.5. The van der Waals surface area contributed by atoms with Gasteiger partial charge in [0.05, 0.1) is 16.8 Å². The third kappa shape index (κ3) is 3.51. The number of amides is 2. The van der Waals surface area contributed by atoms with Gasteiger partial charge in [0.1, 0.15) is 5.70 Å². The summed E-state index contributed by atoms with van der Waals surface area (Å²) in [5.74, 6) is -1.25. The average molecular weight is 421 g/mol. The third-order valence-corrected chi connectivity index (χ3v) is 5.30. The molecule has 0 atom stereocenters. The Morgan fingerprint density at radius 2 is 1.55 bits per heavy atom. The molecule has 2 heterocycles. The van der Waals surface area contributed by atoms with Crippen LogP contribution in [-0.4, -0.2) is 29.8 Å². The number of benzene rings is 2. The van der Waals surface area contributed by atoms with Crippen molar-refractivity contribution in [2.24, 2.45) is 0 Å². The van der Waals surface area contributed by atoms with Crippen molar-refractivity contribution in [3.63, 3.8) is 0 Å². The molecule has 0 bridgehead atoms. The fourth-order valence-corrected chi connectivity index (χ4v) is 3.81. The Kier molecular flexibility index (Phi) is 4.86. The molecular formula is C21H16ClF3N2O2. The molecule has 2 aliphatic rings. The van der Waals surface area contributed by atoms with Gasteiger partial charge in [0, 0.05) is 18.1 Å². The Morgan fingerprint density at radius 3 is 2.17 bits per heavy atom. The van der Waals surface area contributed by atoms with Crippen LogP contribution in [0, 0.1) is 0 Å². The van der Waals surface area contributed by atoms with Crippen molar-refractivity contribution in [2.45, 2.75) is 19.0 Å². The van der Waals surface area contributed by atoms with Gasteiger partial charge in [-0.3, -0.25) is 9.59 Å². The fourth-order valence-electron chi connectivity index (χ4n) is 3.68. The molecule has 1 saturated heterocycles. The molecule has 0 aliphatic carbocycles. The predicted molar refractivity (Wildman–Crippen MR) is 103 cm³/mol. The minimum Gasteiger partial charge on any atom is -0.366 e. The number of likely N-dealkylation sites (tertiary alicyclic amines) is 1. The topological polar surface area (TPSA) is 40.6 Å². The highest BCUT2D eigenvalue weighted by Crippen LogP contribution is 2.38. The summed E-state index contributed by atoms with van der Waals surface area (Å²) in [7, 11) is 0. The number of carbonyl (C=O) groups is 2. The molecular weight excluding hydrogens is 405 g/mol. The normalized spacial score (nSPS) is 17.7. The summed E-state index contributed by atoms with van der Waals surface area (Å²) in [5, 5.41) is 0.476. The average Bonchev–Trinajstić information content (AvgIpc) is 3.28. The van der Waals surface area contributed by atoms with E-state index in [2.05, 4.69) is 0 Å². The lowest BCUT2D eigenvalue weighted by Gasteiger charge is -2.20. The molecule has 0 saturated carbocycles. The standard InChI is InChI=1S/C21H16ClF3N2O2/c22-15-8-6-13(7-9-15)17-18(26-10-1-2-11-26)20(29)27(19(17)28)16-5-3-4-14(12-16)21(23,24)25/h3-9,12H,1-2,10-11H2. The summed E-state index contributed by atoms with van der Waals surface area (Å²) in [4.78, 5) is 29.1. The third-order valence-electron chi connectivity index (χ3n) is 5.05. The van der Waals surface area contributed by atoms with Crippen LogP contribution in [0.1, 0.15) is 24.0 Å². The second-order valence-electron chi connectivity index (χ2n) is 6.92. The smallest absolute Gasteiger partial charge is 0.366 e. The Labute approximate surface area is 170 Å². The molecule has 1 fully saturated rings. The second kappa shape index (κ2) is 7.22. The number of halogens is 4. The lowest BCUT2D eigenvalue weighted by Crippen LogP contribution is -2.34. The summed E-state index contributed by atoms with van der Waals surface area (Å²) < 4.78 is 39.4. The zero-order valence-corrected chi connectivity index (χ0v) is 15.9. The Morgan fingerprint density at radius 1 is 0.897 bits per heavy atom. The van der Waals surface area contributed by atoms with Crippen LogP contribution < -0.4 is 4.90 Å². The first-order valence-electron chi connectivity index (χ1n) is 9.08. The van der Waals surface area contributed by atoms with Crippen molar-refractivity contribution in [1.29, 1.82) is 0 Å². The van der Waals surface area contributed by atoms with Crippen molar-refractivity contribution in [3.8, 4) is 0 Å². The van der Waals surface area contributed by atoms with E-state index in [1.807, 2.05) is 4.90 Å². The van der Waals surface area contributed by atoms with Crippen molar-refractivity contribution >= 4 is 34.7 Å². The number of anilines is 1. The molecule has 150 valence electrons. The summed E-state index contributed by atoms with van der Waals surface area (Å²) in [6.45, 7) is 1.23. The van der Waals surface area contributed by atoms with Gasteiger partial charge in [0.25, 0.3) is 11.8 Å². The molecule has 2 aliphatic heterocycles. The number of alkyl halides is 3. The molecule has 29 heavy (non-hydrogen) atoms. The van der Waals surface area contributed by atoms with Gasteiger partial charge in [-0.2, -0.15) is 13.2 Å². The quantitative estimate of drug-likeness (QED) is 0.673. The van der Waals surface area contributed by atoms with E-state index in [1.165, 1.54) is 12.1 Å². The van der Waals surface area contributed by atoms with Gasteiger partial charge in [-0.15, -0.1) is 0 Å². The van der Waals surface area contributed by atoms with Crippen molar-refractivity contribution in [2.75, 3.05) is 18.0 Å². The molecule has 4 nitrogen and oxygen atoms in total. The monoisotopic (exact) mass is 420 g/mol. The van der Waals surface area contributed by atoms with Crippen LogP contribution in [0.4, 0.5) is 18.9 Å². The van der Waals surface area contributed by atoms with Crippen LogP contribution in [0.2, 0.25) is 5.02 Å². The number of hydrogen-bond donors (Lipinski definition) is 0. The van der Waals surface area contributed by atoms with Crippen molar-refractivity contribution in [3.05, 3.63) is 70.4 Å². The fraction of sp³-hybridized carbons (Fsp3) is 0.238. The summed E-state index contributed by atoms with van der Waals surface area (Å²) in [6.07, 6.45) is -2.82. The van der Waals surface area contributed by atoms with E-state index < -0.39 is 23.6 Å². The lowest BCUT2D eigenvalue weighted by molar-refractivity contribution is -0.137. The maximum atomic E-state index is 13.2. The first-order valence-corrected chi connectivity index (χ1v) is 9.46. The largest absolute Gasteiger partial charge is 0.416 e. The summed E-state index contributed by atoms with van der Waals surface area (Å²) >= 11 is 5.94. The van der Waals surface area contributed by atoms with E-state index >= 15 is 0 Å². The molecule has 4 rings (SSSR count). The number of nitrogens with zero attached hydrogens (tertiary/aromatic N) is 2. The summed E-state index contributed by atoms with van der Waals surface area (Å²) in [5.41, 5.74) is -0.101. The van der Waals surface area contributed by atoms with Crippen LogP contribution >= 0.6 is 11.6 Å². The SMILES string of the molecule is O=C1C(c2ccc(Cl)cc2)=C(N2CCCC2)C(=O)N1c1cccc(C(F)(F)F)c1. The van der Waals surface area contributed by atoms with Gasteiger partial charge in [-0.05, 0) is 48.7 Å². The van der Waals surface area contributed by atoms with E-state index in [0.29, 0.717) is 23.7 Å². The first-order chi connectivity index (χ1) is 13.8. The van der Waals surface area contributed by atoms with E-state index in [9.17, 15) is 22.8 Å². The van der Waals surface area contributed by atoms with E-state index in [4.69, 9.17) is 11.6 Å². The van der Waals surface area contributed by atoms with E-state index in [-0.39, 0.29) is 17.0 Å². The molecule has 0 spiro atoms. The zero-order valence-electron chi connectivity index (χ0n) is 15.2. The number of rotatable bonds is 3. The number of hydrogen-bond acceptors (Lipinski definition) is 3. The van der Waals surface area contributed by atoms with Gasteiger partial charge in [0.15, 0.2) is 0 Å². The van der Waals surface area contributed by atoms with Crippen LogP contribution in [0.5, 0.6) is 0 Å². The zero-order chi connectivity index (χ0) is 20.8. The molecule has 8 heteroatoms. The van der Waals surface area contributed by atoms with Gasteiger partial charge in [-0.25, -0.2) is 4.90 Å². The van der Waals surface area contributed by atoms with Crippen molar-refractivity contribution < 1.29 is 22.8 Å². The summed E-state index contributed by atoms with van der Waals surface area (Å²) in [6, 6.07) is 10.7. The second-order valence-corrected chi connectivity index (χ2v) is 7.35. The molecule has 0 aromatic heterocycles. The molecule has 2 amide bonds. The van der Waals surface area contributed by atoms with Crippen LogP contribution in [0.25, 0.3) is 5.57 Å².